The summed E-state index contributed by atoms with van der Waals surface area (Å²) < 4.78 is 63.6. The van der Waals surface area contributed by atoms with Gasteiger partial charge in [-0.25, -0.2) is 31.1 Å². The maximum absolute atomic E-state index is 13.1. The van der Waals surface area contributed by atoms with Gasteiger partial charge in [0.1, 0.15) is 8.42 Å². The van der Waals surface area contributed by atoms with Crippen molar-refractivity contribution in [3.63, 3.8) is 0 Å². The van der Waals surface area contributed by atoms with E-state index in [1.54, 1.807) is 11.6 Å². The van der Waals surface area contributed by atoms with Gasteiger partial charge in [0.25, 0.3) is 20.2 Å². The van der Waals surface area contributed by atoms with E-state index in [2.05, 4.69) is 9.68 Å². The minimum absolute atomic E-state index is 0.00142. The summed E-state index contributed by atoms with van der Waals surface area (Å²) in [7, 11) is -8.45. The highest BCUT2D eigenvalue weighted by Gasteiger charge is 2.43. The van der Waals surface area contributed by atoms with Gasteiger partial charge in [-0.1, -0.05) is 12.8 Å². The molecule has 0 bridgehead atoms. The molecule has 18 nitrogen and oxygen atoms in total. The third kappa shape index (κ3) is 11.8. The molecular weight excluding hydrogens is 664 g/mol. The Morgan fingerprint density at radius 3 is 1.98 bits per heavy atom. The molecule has 1 aliphatic rings. The van der Waals surface area contributed by atoms with Gasteiger partial charge in [0, 0.05) is 12.1 Å². The molecule has 0 spiro atoms. The maximum Gasteiger partial charge on any atom is 0.421 e. The number of rotatable bonds is 20. The molecule has 1 unspecified atom stereocenters. The number of amides is 2. The van der Waals surface area contributed by atoms with Gasteiger partial charge in [-0.2, -0.15) is 0 Å². The van der Waals surface area contributed by atoms with Gasteiger partial charge in [-0.15, -0.1) is 31.6 Å². The molecule has 0 aromatic carbocycles. The molecule has 0 aliphatic carbocycles. The van der Waals surface area contributed by atoms with Gasteiger partial charge in [-0.05, 0) is 64.9 Å². The zero-order valence-corrected chi connectivity index (χ0v) is 27.4. The lowest BCUT2D eigenvalue weighted by molar-refractivity contribution is -0.757. The molecule has 2 amide bonds. The lowest BCUT2D eigenvalue weighted by Gasteiger charge is -2.35. The second-order valence-corrected chi connectivity index (χ2v) is 15.5. The molecule has 0 radical (unpaired) electrons. The molecule has 1 aromatic heterocycles. The van der Waals surface area contributed by atoms with Crippen LogP contribution >= 0.6 is 11.3 Å². The van der Waals surface area contributed by atoms with E-state index in [0.717, 1.165) is 6.07 Å². The van der Waals surface area contributed by atoms with Crippen LogP contribution in [0.25, 0.3) is 0 Å². The number of sulfonamides is 1. The van der Waals surface area contributed by atoms with Crippen LogP contribution in [0.1, 0.15) is 83.2 Å². The number of hydrogen-bond acceptors (Lipinski definition) is 15. The first-order valence-corrected chi connectivity index (χ1v) is 18.1. The third-order valence-electron chi connectivity index (χ3n) is 6.77. The van der Waals surface area contributed by atoms with Crippen molar-refractivity contribution in [1.29, 1.82) is 0 Å². The number of nitrogens with one attached hydrogen (secondary N) is 1. The van der Waals surface area contributed by atoms with Crippen molar-refractivity contribution in [3.8, 4) is 0 Å². The Bertz CT molecular complexity index is 1380. The number of unbranched alkanes of at least 4 members (excludes halogenated alkanes) is 6. The van der Waals surface area contributed by atoms with Gasteiger partial charge in [0.05, 0.1) is 37.7 Å². The molecule has 2 atom stereocenters. The van der Waals surface area contributed by atoms with Gasteiger partial charge in [0.15, 0.2) is 9.84 Å². The second kappa shape index (κ2) is 17.9. The summed E-state index contributed by atoms with van der Waals surface area (Å²) >= 11 is 0.475. The van der Waals surface area contributed by atoms with Crippen LogP contribution in [0.4, 0.5) is 9.59 Å². The number of ether oxygens (including phenoxy) is 2. The molecule has 1 N–H and O–H groups in total. The number of hydrogen-bond donors (Lipinski definition) is 1. The van der Waals surface area contributed by atoms with E-state index >= 15 is 0 Å². The Morgan fingerprint density at radius 1 is 0.956 bits per heavy atom. The predicted molar refractivity (Wildman–Crippen MR) is 157 cm³/mol. The molecule has 45 heavy (non-hydrogen) atoms. The topological polar surface area (TPSA) is 241 Å². The summed E-state index contributed by atoms with van der Waals surface area (Å²) in [6.07, 6.45) is 2.16. The van der Waals surface area contributed by atoms with Crippen LogP contribution in [-0.4, -0.2) is 82.3 Å². The number of thiophene rings is 1. The Hall–Kier alpha value is -3.46. The number of nitrogens with zero attached hydrogens (tertiary/aromatic N) is 3. The fourth-order valence-corrected chi connectivity index (χ4v) is 9.33. The molecular formula is C24H38N4O14S3. The first kappa shape index (κ1) is 37.7. The minimum atomic E-state index is -4.52. The fourth-order valence-electron chi connectivity index (χ4n) is 4.47. The van der Waals surface area contributed by atoms with Gasteiger partial charge < -0.3 is 24.0 Å². The maximum atomic E-state index is 13.1. The van der Waals surface area contributed by atoms with Crippen molar-refractivity contribution in [2.45, 2.75) is 91.3 Å². The Morgan fingerprint density at radius 2 is 1.47 bits per heavy atom. The standard InChI is InChI=1S/C24H38N4O14S3/c1-3-26(24(30)40-13-9-5-7-11-15-42-28(33)34)20-16-18(2)44(35,36)22-19(20)17-21(43-22)45(37,38)25-23(29)39-12-8-4-6-10-14-41-27(31)32/h17-18,20H,3-16H2,1-2H3,(H,25,29)/t18?,20-/m0/s1. The average Bonchev–Trinajstić information content (AvgIpc) is 3.42. The SMILES string of the molecule is CCN(C(=O)OCCCCCCO[N+](=O)[O-])[C@H]1CC(C)S(=O)(=O)c2sc(S(=O)(=O)NC(=O)OCCCCCCO[N+](=O)[O-])cc21. The van der Waals surface area contributed by atoms with E-state index in [9.17, 15) is 46.7 Å². The number of carbonyl (C=O) groups is 2. The van der Waals surface area contributed by atoms with Gasteiger partial charge in [0.2, 0.25) is 0 Å². The molecule has 256 valence electrons. The summed E-state index contributed by atoms with van der Waals surface area (Å²) in [5.41, 5.74) is 0.109. The second-order valence-electron chi connectivity index (χ2n) is 10.00. The van der Waals surface area contributed by atoms with E-state index in [1.165, 1.54) is 11.8 Å². The van der Waals surface area contributed by atoms with Crippen molar-refractivity contribution in [2.24, 2.45) is 0 Å². The smallest absolute Gasteiger partial charge is 0.421 e. The van der Waals surface area contributed by atoms with Crippen LogP contribution in [0.3, 0.4) is 0 Å². The number of sulfone groups is 1. The molecule has 1 aliphatic heterocycles. The molecule has 1 aromatic rings. The monoisotopic (exact) mass is 702 g/mol. The Labute approximate surface area is 264 Å². The van der Waals surface area contributed by atoms with E-state index < -0.39 is 57.7 Å². The van der Waals surface area contributed by atoms with Crippen molar-refractivity contribution in [2.75, 3.05) is 33.0 Å². The number of carbonyl (C=O) groups excluding carboxylic acids is 2. The van der Waals surface area contributed by atoms with Gasteiger partial charge in [-0.3, -0.25) is 0 Å². The van der Waals surface area contributed by atoms with E-state index in [0.29, 0.717) is 62.7 Å². The van der Waals surface area contributed by atoms with Crippen molar-refractivity contribution < 1.29 is 55.7 Å². The highest BCUT2D eigenvalue weighted by molar-refractivity contribution is 7.95. The van der Waals surface area contributed by atoms with Crippen LogP contribution in [-0.2, 0) is 39.0 Å². The van der Waals surface area contributed by atoms with Crippen LogP contribution in [0, 0.1) is 20.2 Å². The first-order valence-electron chi connectivity index (χ1n) is 14.3. The molecule has 0 fully saturated rings. The zero-order valence-electron chi connectivity index (χ0n) is 24.9. The fraction of sp³-hybridized carbons (Fsp3) is 0.750. The van der Waals surface area contributed by atoms with Crippen LogP contribution < -0.4 is 4.72 Å². The normalized spacial score (nSPS) is 17.0. The lowest BCUT2D eigenvalue weighted by atomic mass is 10.0. The predicted octanol–water partition coefficient (Wildman–Crippen LogP) is 3.77. The summed E-state index contributed by atoms with van der Waals surface area (Å²) in [5.74, 6) is 0. The lowest BCUT2D eigenvalue weighted by Crippen LogP contribution is -2.40. The summed E-state index contributed by atoms with van der Waals surface area (Å²) in [5, 5.41) is 17.6. The molecule has 21 heteroatoms. The highest BCUT2D eigenvalue weighted by atomic mass is 32.3. The molecule has 2 heterocycles. The third-order valence-corrected chi connectivity index (χ3v) is 12.5. The summed E-state index contributed by atoms with van der Waals surface area (Å²) in [4.78, 5) is 55.2. The highest BCUT2D eigenvalue weighted by Crippen LogP contribution is 2.45. The summed E-state index contributed by atoms with van der Waals surface area (Å²) in [6, 6.07) is 0.331. The first-order chi connectivity index (χ1) is 21.2. The van der Waals surface area contributed by atoms with Gasteiger partial charge >= 0.3 is 12.2 Å². The molecule has 0 saturated carbocycles. The number of fused-ring (bicyclic) bond motifs is 1. The Kier molecular flexibility index (Phi) is 15.0. The van der Waals surface area contributed by atoms with Crippen LogP contribution in [0.5, 0.6) is 0 Å². The van der Waals surface area contributed by atoms with E-state index in [-0.39, 0.29) is 49.2 Å². The minimum Gasteiger partial charge on any atom is -0.449 e. The quantitative estimate of drug-likeness (QED) is 0.116. The largest absolute Gasteiger partial charge is 0.449 e. The average molecular weight is 703 g/mol. The van der Waals surface area contributed by atoms with Crippen LogP contribution in [0.2, 0.25) is 0 Å². The Balaban J connectivity index is 2.01. The van der Waals surface area contributed by atoms with Crippen molar-refractivity contribution in [1.82, 2.24) is 9.62 Å². The van der Waals surface area contributed by atoms with E-state index in [4.69, 9.17) is 9.47 Å². The molecule has 2 rings (SSSR count). The summed E-state index contributed by atoms with van der Waals surface area (Å²) in [6.45, 7) is 3.14. The zero-order chi connectivity index (χ0) is 33.6. The van der Waals surface area contributed by atoms with Crippen molar-refractivity contribution >= 4 is 43.4 Å². The molecule has 0 saturated heterocycles. The van der Waals surface area contributed by atoms with Crippen molar-refractivity contribution in [3.05, 3.63) is 31.9 Å². The van der Waals surface area contributed by atoms with Crippen LogP contribution in [0.15, 0.2) is 14.5 Å². The van der Waals surface area contributed by atoms with E-state index in [1.807, 2.05) is 0 Å².